The Morgan fingerprint density at radius 1 is 1.48 bits per heavy atom. The molecule has 0 atom stereocenters. The zero-order valence-corrected chi connectivity index (χ0v) is 12.0. The van der Waals surface area contributed by atoms with Gasteiger partial charge in [-0.3, -0.25) is 19.3 Å². The van der Waals surface area contributed by atoms with Crippen molar-refractivity contribution in [3.63, 3.8) is 0 Å². The van der Waals surface area contributed by atoms with Crippen molar-refractivity contribution in [2.45, 2.75) is 13.1 Å². The van der Waals surface area contributed by atoms with Crippen LogP contribution in [-0.2, 0) is 17.9 Å². The molecule has 1 N–H and O–H groups in total. The highest BCUT2D eigenvalue weighted by Crippen LogP contribution is 2.13. The van der Waals surface area contributed by atoms with Gasteiger partial charge in [0.25, 0.3) is 5.56 Å². The number of nitrogens with zero attached hydrogens (tertiary/aromatic N) is 5. The summed E-state index contributed by atoms with van der Waals surface area (Å²) in [6.07, 6.45) is 2.79. The first kappa shape index (κ1) is 13.4. The third-order valence-electron chi connectivity index (χ3n) is 3.03. The molecule has 0 aliphatic heterocycles. The number of aromatic nitrogens is 5. The molecule has 0 unspecified atom stereocenters. The Bertz CT molecular complexity index is 822. The Labute approximate surface area is 123 Å². The van der Waals surface area contributed by atoms with Gasteiger partial charge in [0, 0.05) is 7.05 Å². The quantitative estimate of drug-likeness (QED) is 0.744. The third kappa shape index (κ3) is 2.68. The van der Waals surface area contributed by atoms with Crippen LogP contribution in [0.25, 0.3) is 10.2 Å². The van der Waals surface area contributed by atoms with Gasteiger partial charge in [-0.1, -0.05) is 0 Å². The molecule has 3 rings (SSSR count). The Morgan fingerprint density at radius 3 is 3.10 bits per heavy atom. The minimum absolute atomic E-state index is 0.0533. The maximum atomic E-state index is 12.2. The van der Waals surface area contributed by atoms with Crippen molar-refractivity contribution in [2.24, 2.45) is 0 Å². The number of aromatic amines is 1. The molecule has 0 saturated carbocycles. The van der Waals surface area contributed by atoms with Gasteiger partial charge in [0.15, 0.2) is 0 Å². The SMILES string of the molecule is CN(Cc1ncn[nH]1)C(=O)Cn1cnc2sccc2c1=O. The van der Waals surface area contributed by atoms with Crippen molar-refractivity contribution < 1.29 is 4.79 Å². The van der Waals surface area contributed by atoms with Crippen molar-refractivity contribution in [2.75, 3.05) is 7.05 Å². The fourth-order valence-electron chi connectivity index (χ4n) is 1.89. The Morgan fingerprint density at radius 2 is 2.33 bits per heavy atom. The van der Waals surface area contributed by atoms with Gasteiger partial charge in [-0.2, -0.15) is 5.10 Å². The molecule has 0 aliphatic rings. The molecule has 3 heterocycles. The van der Waals surface area contributed by atoms with E-state index in [0.29, 0.717) is 22.6 Å². The van der Waals surface area contributed by atoms with E-state index < -0.39 is 0 Å². The second-order valence-electron chi connectivity index (χ2n) is 4.50. The first-order chi connectivity index (χ1) is 10.1. The fourth-order valence-corrected chi connectivity index (χ4v) is 2.62. The van der Waals surface area contributed by atoms with Crippen molar-refractivity contribution in [1.82, 2.24) is 29.6 Å². The molecule has 0 bridgehead atoms. The smallest absolute Gasteiger partial charge is 0.262 e. The summed E-state index contributed by atoms with van der Waals surface area (Å²) < 4.78 is 1.31. The Balaban J connectivity index is 1.76. The van der Waals surface area contributed by atoms with Crippen LogP contribution >= 0.6 is 11.3 Å². The van der Waals surface area contributed by atoms with Crippen molar-refractivity contribution in [3.05, 3.63) is 40.3 Å². The summed E-state index contributed by atoms with van der Waals surface area (Å²) in [5.74, 6) is 0.384. The predicted octanol–water partition coefficient (Wildman–Crippen LogP) is 0.235. The number of nitrogens with one attached hydrogen (secondary N) is 1. The van der Waals surface area contributed by atoms with Crippen LogP contribution < -0.4 is 5.56 Å². The molecule has 21 heavy (non-hydrogen) atoms. The molecule has 0 fully saturated rings. The lowest BCUT2D eigenvalue weighted by atomic mass is 10.4. The van der Waals surface area contributed by atoms with E-state index in [-0.39, 0.29) is 18.0 Å². The molecule has 9 heteroatoms. The first-order valence-electron chi connectivity index (χ1n) is 6.16. The van der Waals surface area contributed by atoms with Crippen LogP contribution in [0.15, 0.2) is 28.9 Å². The highest BCUT2D eigenvalue weighted by atomic mass is 32.1. The standard InChI is InChI=1S/C12H12N6O2S/c1-17(4-9-13-6-15-16-9)10(19)5-18-7-14-11-8(12(18)20)2-3-21-11/h2-3,6-7H,4-5H2,1H3,(H,13,15,16). The van der Waals surface area contributed by atoms with E-state index in [2.05, 4.69) is 20.2 Å². The van der Waals surface area contributed by atoms with Gasteiger partial charge in [0.1, 0.15) is 23.5 Å². The van der Waals surface area contributed by atoms with E-state index in [1.165, 1.54) is 33.5 Å². The molecule has 1 amide bonds. The van der Waals surface area contributed by atoms with Gasteiger partial charge in [-0.05, 0) is 11.4 Å². The minimum atomic E-state index is -0.206. The third-order valence-corrected chi connectivity index (χ3v) is 3.85. The summed E-state index contributed by atoms with van der Waals surface area (Å²) in [7, 11) is 1.65. The molecule has 8 nitrogen and oxygen atoms in total. The number of amides is 1. The molecular weight excluding hydrogens is 292 g/mol. The Kier molecular flexibility index (Phi) is 3.48. The van der Waals surface area contributed by atoms with Gasteiger partial charge in [0.2, 0.25) is 5.91 Å². The van der Waals surface area contributed by atoms with Crippen LogP contribution in [-0.4, -0.2) is 42.6 Å². The summed E-state index contributed by atoms with van der Waals surface area (Å²) in [5, 5.41) is 8.75. The van der Waals surface area contributed by atoms with Crippen molar-refractivity contribution >= 4 is 27.5 Å². The summed E-state index contributed by atoms with van der Waals surface area (Å²) in [6, 6.07) is 1.72. The van der Waals surface area contributed by atoms with Gasteiger partial charge in [-0.15, -0.1) is 11.3 Å². The number of rotatable bonds is 4. The number of fused-ring (bicyclic) bond motifs is 1. The molecule has 0 radical (unpaired) electrons. The topological polar surface area (TPSA) is 96.8 Å². The summed E-state index contributed by atoms with van der Waals surface area (Å²) in [5.41, 5.74) is -0.206. The van der Waals surface area contributed by atoms with Crippen LogP contribution in [0.4, 0.5) is 0 Å². The number of hydrogen-bond donors (Lipinski definition) is 1. The average molecular weight is 304 g/mol. The normalized spacial score (nSPS) is 10.9. The van der Waals surface area contributed by atoms with Crippen molar-refractivity contribution in [1.29, 1.82) is 0 Å². The molecule has 3 aromatic heterocycles. The van der Waals surface area contributed by atoms with Crippen LogP contribution in [0.3, 0.4) is 0 Å². The lowest BCUT2D eigenvalue weighted by Gasteiger charge is -2.16. The lowest BCUT2D eigenvalue weighted by Crippen LogP contribution is -2.33. The molecule has 3 aromatic rings. The maximum Gasteiger partial charge on any atom is 0.262 e. The number of carbonyl (C=O) groups excluding carboxylic acids is 1. The van der Waals surface area contributed by atoms with E-state index in [0.717, 1.165) is 0 Å². The lowest BCUT2D eigenvalue weighted by molar-refractivity contribution is -0.131. The van der Waals surface area contributed by atoms with Gasteiger partial charge >= 0.3 is 0 Å². The molecular formula is C12H12N6O2S. The first-order valence-corrected chi connectivity index (χ1v) is 7.04. The van der Waals surface area contributed by atoms with Gasteiger partial charge in [0.05, 0.1) is 18.3 Å². The highest BCUT2D eigenvalue weighted by molar-refractivity contribution is 7.16. The number of hydrogen-bond acceptors (Lipinski definition) is 6. The summed E-state index contributed by atoms with van der Waals surface area (Å²) in [4.78, 5) is 34.6. The Hall–Kier alpha value is -2.55. The number of H-pyrrole nitrogens is 1. The maximum absolute atomic E-state index is 12.2. The zero-order chi connectivity index (χ0) is 14.8. The second-order valence-corrected chi connectivity index (χ2v) is 5.39. The molecule has 0 saturated heterocycles. The molecule has 0 aliphatic carbocycles. The largest absolute Gasteiger partial charge is 0.337 e. The van der Waals surface area contributed by atoms with E-state index >= 15 is 0 Å². The minimum Gasteiger partial charge on any atom is -0.337 e. The summed E-state index contributed by atoms with van der Waals surface area (Å²) in [6.45, 7) is 0.254. The van der Waals surface area contributed by atoms with Crippen LogP contribution in [0.1, 0.15) is 5.82 Å². The van der Waals surface area contributed by atoms with E-state index in [1.807, 2.05) is 0 Å². The van der Waals surface area contributed by atoms with Gasteiger partial charge in [-0.25, -0.2) is 9.97 Å². The van der Waals surface area contributed by atoms with Gasteiger partial charge < -0.3 is 4.90 Å². The van der Waals surface area contributed by atoms with Crippen LogP contribution in [0.5, 0.6) is 0 Å². The van der Waals surface area contributed by atoms with E-state index in [1.54, 1.807) is 18.5 Å². The average Bonchev–Trinajstić information content (AvgIpc) is 3.12. The highest BCUT2D eigenvalue weighted by Gasteiger charge is 2.13. The molecule has 0 aromatic carbocycles. The molecule has 0 spiro atoms. The zero-order valence-electron chi connectivity index (χ0n) is 11.2. The fraction of sp³-hybridized carbons (Fsp3) is 0.250. The van der Waals surface area contributed by atoms with E-state index in [4.69, 9.17) is 0 Å². The van der Waals surface area contributed by atoms with Crippen LogP contribution in [0, 0.1) is 0 Å². The van der Waals surface area contributed by atoms with Crippen molar-refractivity contribution in [3.8, 4) is 0 Å². The molecule has 108 valence electrons. The summed E-state index contributed by atoms with van der Waals surface area (Å²) >= 11 is 1.40. The number of thiophene rings is 1. The number of carbonyl (C=O) groups is 1. The monoisotopic (exact) mass is 304 g/mol. The van der Waals surface area contributed by atoms with E-state index in [9.17, 15) is 9.59 Å². The number of likely N-dealkylation sites (N-methyl/N-ethyl adjacent to an activating group) is 1. The predicted molar refractivity (Wildman–Crippen MR) is 76.7 cm³/mol. The van der Waals surface area contributed by atoms with Crippen LogP contribution in [0.2, 0.25) is 0 Å². The second kappa shape index (κ2) is 5.44.